The first-order valence-electron chi connectivity index (χ1n) is 3.83. The highest BCUT2D eigenvalue weighted by atomic mass is 16.7. The van der Waals surface area contributed by atoms with Crippen molar-refractivity contribution in [3.05, 3.63) is 25.3 Å². The number of ether oxygens (including phenoxy) is 2. The Morgan fingerprint density at radius 3 is 1.69 bits per heavy atom. The van der Waals surface area contributed by atoms with Crippen LogP contribution in [-0.4, -0.2) is 17.7 Å². The Labute approximate surface area is 75.8 Å². The Kier molecular flexibility index (Phi) is 2.51. The van der Waals surface area contributed by atoms with Gasteiger partial charge < -0.3 is 9.47 Å². The number of rotatable bonds is 4. The highest BCUT2D eigenvalue weighted by molar-refractivity contribution is 5.83. The van der Waals surface area contributed by atoms with Gasteiger partial charge in [-0.15, -0.1) is 0 Å². The topological polar surface area (TPSA) is 52.6 Å². The zero-order valence-electron chi connectivity index (χ0n) is 7.12. The van der Waals surface area contributed by atoms with Crippen LogP contribution >= 0.6 is 0 Å². The van der Waals surface area contributed by atoms with Gasteiger partial charge in [-0.3, -0.25) is 0 Å². The molecule has 0 aromatic heterocycles. The zero-order chi connectivity index (χ0) is 9.90. The summed E-state index contributed by atoms with van der Waals surface area (Å²) in [5, 5.41) is 0. The van der Waals surface area contributed by atoms with Gasteiger partial charge in [0.2, 0.25) is 0 Å². The third-order valence-corrected chi connectivity index (χ3v) is 1.56. The molecule has 1 rings (SSSR count). The number of carbonyl (C=O) groups excluding carboxylic acids is 2. The molecule has 4 nitrogen and oxygen atoms in total. The molecule has 0 N–H and O–H groups in total. The molecule has 1 saturated carbocycles. The van der Waals surface area contributed by atoms with E-state index < -0.39 is 17.7 Å². The molecule has 0 unspecified atom stereocenters. The van der Waals surface area contributed by atoms with E-state index in [0.29, 0.717) is 12.8 Å². The van der Waals surface area contributed by atoms with Gasteiger partial charge in [-0.25, -0.2) is 9.59 Å². The van der Waals surface area contributed by atoms with Gasteiger partial charge in [0, 0.05) is 25.0 Å². The van der Waals surface area contributed by atoms with E-state index in [1.807, 2.05) is 0 Å². The molecule has 0 radical (unpaired) electrons. The lowest BCUT2D eigenvalue weighted by Crippen LogP contribution is -2.24. The second kappa shape index (κ2) is 3.43. The van der Waals surface area contributed by atoms with Crippen LogP contribution in [0, 0.1) is 0 Å². The number of carbonyl (C=O) groups is 2. The molecule has 0 bridgehead atoms. The first-order chi connectivity index (χ1) is 6.12. The summed E-state index contributed by atoms with van der Waals surface area (Å²) in [6, 6.07) is 0. The van der Waals surface area contributed by atoms with Crippen molar-refractivity contribution in [2.45, 2.75) is 18.6 Å². The molecule has 70 valence electrons. The smallest absolute Gasteiger partial charge is 0.333 e. The molecule has 0 aliphatic heterocycles. The summed E-state index contributed by atoms with van der Waals surface area (Å²) in [6.45, 7) is 6.47. The van der Waals surface area contributed by atoms with Gasteiger partial charge in [0.05, 0.1) is 0 Å². The van der Waals surface area contributed by atoms with Crippen molar-refractivity contribution >= 4 is 11.9 Å². The van der Waals surface area contributed by atoms with Crippen LogP contribution in [0.1, 0.15) is 12.8 Å². The van der Waals surface area contributed by atoms with E-state index in [-0.39, 0.29) is 0 Å². The maximum absolute atomic E-state index is 10.8. The van der Waals surface area contributed by atoms with Gasteiger partial charge >= 0.3 is 11.9 Å². The van der Waals surface area contributed by atoms with Crippen molar-refractivity contribution in [1.29, 1.82) is 0 Å². The van der Waals surface area contributed by atoms with Crippen molar-refractivity contribution in [3.63, 3.8) is 0 Å². The lowest BCUT2D eigenvalue weighted by atomic mass is 10.6. The predicted octanol–water partition coefficient (Wildman–Crippen LogP) is 0.935. The summed E-state index contributed by atoms with van der Waals surface area (Å²) in [5.74, 6) is -2.22. The first kappa shape index (κ1) is 9.51. The third kappa shape index (κ3) is 2.43. The molecule has 1 fully saturated rings. The van der Waals surface area contributed by atoms with Crippen molar-refractivity contribution < 1.29 is 19.1 Å². The monoisotopic (exact) mass is 182 g/mol. The van der Waals surface area contributed by atoms with E-state index in [4.69, 9.17) is 9.47 Å². The van der Waals surface area contributed by atoms with Gasteiger partial charge in [-0.1, -0.05) is 13.2 Å². The van der Waals surface area contributed by atoms with Crippen LogP contribution in [0.25, 0.3) is 0 Å². The van der Waals surface area contributed by atoms with Crippen LogP contribution in [-0.2, 0) is 19.1 Å². The summed E-state index contributed by atoms with van der Waals surface area (Å²) in [5.41, 5.74) is 0. The van der Waals surface area contributed by atoms with Crippen LogP contribution < -0.4 is 0 Å². The number of esters is 2. The maximum atomic E-state index is 10.8. The van der Waals surface area contributed by atoms with E-state index in [1.165, 1.54) is 0 Å². The molecule has 0 atom stereocenters. The molecule has 0 aromatic carbocycles. The Hall–Kier alpha value is -1.58. The normalized spacial score (nSPS) is 16.9. The second-order valence-electron chi connectivity index (χ2n) is 2.66. The second-order valence-corrected chi connectivity index (χ2v) is 2.66. The average molecular weight is 182 g/mol. The fourth-order valence-corrected chi connectivity index (χ4v) is 0.777. The molecule has 4 heteroatoms. The quantitative estimate of drug-likeness (QED) is 0.369. The Morgan fingerprint density at radius 2 is 1.46 bits per heavy atom. The van der Waals surface area contributed by atoms with E-state index in [1.54, 1.807) is 0 Å². The molecular formula is C9H10O4. The van der Waals surface area contributed by atoms with E-state index in [0.717, 1.165) is 12.2 Å². The third-order valence-electron chi connectivity index (χ3n) is 1.56. The molecule has 0 saturated heterocycles. The lowest BCUT2D eigenvalue weighted by molar-refractivity contribution is -0.189. The molecule has 13 heavy (non-hydrogen) atoms. The molecule has 0 amide bonds. The van der Waals surface area contributed by atoms with Crippen LogP contribution in [0.15, 0.2) is 25.3 Å². The number of hydrogen-bond acceptors (Lipinski definition) is 4. The van der Waals surface area contributed by atoms with Crippen LogP contribution in [0.3, 0.4) is 0 Å². The molecule has 1 aliphatic rings. The van der Waals surface area contributed by atoms with Gasteiger partial charge in [-0.2, -0.15) is 0 Å². The van der Waals surface area contributed by atoms with Crippen LogP contribution in [0.4, 0.5) is 0 Å². The fourth-order valence-electron chi connectivity index (χ4n) is 0.777. The highest BCUT2D eigenvalue weighted by Crippen LogP contribution is 2.41. The van der Waals surface area contributed by atoms with Gasteiger partial charge in [-0.05, 0) is 0 Å². The van der Waals surface area contributed by atoms with E-state index in [9.17, 15) is 9.59 Å². The molecule has 0 spiro atoms. The lowest BCUT2D eigenvalue weighted by Gasteiger charge is -2.14. The van der Waals surface area contributed by atoms with Crippen molar-refractivity contribution in [2.24, 2.45) is 0 Å². The van der Waals surface area contributed by atoms with Gasteiger partial charge in [0.25, 0.3) is 5.79 Å². The zero-order valence-corrected chi connectivity index (χ0v) is 7.12. The average Bonchev–Trinajstić information content (AvgIpc) is 2.84. The van der Waals surface area contributed by atoms with E-state index in [2.05, 4.69) is 13.2 Å². The standard InChI is InChI=1S/C9H10O4/c1-3-7(10)12-9(5-6-9)13-8(11)4-2/h3-4H,1-2,5-6H2. The molecular weight excluding hydrogens is 172 g/mol. The Morgan fingerprint density at radius 1 is 1.08 bits per heavy atom. The fraction of sp³-hybridized carbons (Fsp3) is 0.333. The van der Waals surface area contributed by atoms with Gasteiger partial charge in [0.1, 0.15) is 0 Å². The maximum Gasteiger partial charge on any atom is 0.333 e. The minimum atomic E-state index is -1.05. The highest BCUT2D eigenvalue weighted by Gasteiger charge is 2.50. The molecule has 0 heterocycles. The number of hydrogen-bond donors (Lipinski definition) is 0. The SMILES string of the molecule is C=CC(=O)OC1(OC(=O)C=C)CC1. The summed E-state index contributed by atoms with van der Waals surface area (Å²) < 4.78 is 9.65. The largest absolute Gasteiger partial charge is 0.419 e. The summed E-state index contributed by atoms with van der Waals surface area (Å²) >= 11 is 0. The summed E-state index contributed by atoms with van der Waals surface area (Å²) in [7, 11) is 0. The van der Waals surface area contributed by atoms with Crippen molar-refractivity contribution in [2.75, 3.05) is 0 Å². The van der Waals surface area contributed by atoms with Crippen molar-refractivity contribution in [3.8, 4) is 0 Å². The summed E-state index contributed by atoms with van der Waals surface area (Å²) in [4.78, 5) is 21.6. The minimum Gasteiger partial charge on any atom is -0.419 e. The van der Waals surface area contributed by atoms with Gasteiger partial charge in [0.15, 0.2) is 0 Å². The molecule has 0 aromatic rings. The molecule has 1 aliphatic carbocycles. The Balaban J connectivity index is 2.47. The van der Waals surface area contributed by atoms with E-state index >= 15 is 0 Å². The van der Waals surface area contributed by atoms with Crippen LogP contribution in [0.5, 0.6) is 0 Å². The van der Waals surface area contributed by atoms with Crippen LogP contribution in [0.2, 0.25) is 0 Å². The van der Waals surface area contributed by atoms with Crippen molar-refractivity contribution in [1.82, 2.24) is 0 Å². The summed E-state index contributed by atoms with van der Waals surface area (Å²) in [6.07, 6.45) is 3.13. The predicted molar refractivity (Wildman–Crippen MR) is 44.5 cm³/mol. The Bertz CT molecular complexity index is 239. The first-order valence-corrected chi connectivity index (χ1v) is 3.83. The minimum absolute atomic E-state index is 0.534.